The van der Waals surface area contributed by atoms with E-state index in [0.717, 1.165) is 36.9 Å². The summed E-state index contributed by atoms with van der Waals surface area (Å²) in [6.07, 6.45) is 6.00. The molecule has 1 fully saturated rings. The van der Waals surface area contributed by atoms with Crippen molar-refractivity contribution in [2.24, 2.45) is 0 Å². The van der Waals surface area contributed by atoms with E-state index < -0.39 is 0 Å². The number of thiophene rings is 1. The summed E-state index contributed by atoms with van der Waals surface area (Å²) in [6, 6.07) is 4.25. The van der Waals surface area contributed by atoms with Gasteiger partial charge >= 0.3 is 0 Å². The molecule has 0 unspecified atom stereocenters. The van der Waals surface area contributed by atoms with Gasteiger partial charge in [0.15, 0.2) is 0 Å². The van der Waals surface area contributed by atoms with Crippen LogP contribution in [0.4, 0.5) is 5.82 Å². The first-order valence-corrected chi connectivity index (χ1v) is 8.79. The third kappa shape index (κ3) is 2.61. The van der Waals surface area contributed by atoms with Crippen LogP contribution in [0.2, 0.25) is 0 Å². The first kappa shape index (κ1) is 13.0. The average Bonchev–Trinajstić information content (AvgIpc) is 3.18. The minimum atomic E-state index is 0.272. The van der Waals surface area contributed by atoms with Crippen molar-refractivity contribution in [3.05, 3.63) is 35.3 Å². The van der Waals surface area contributed by atoms with E-state index in [2.05, 4.69) is 32.4 Å². The van der Waals surface area contributed by atoms with Crippen molar-refractivity contribution < 1.29 is 4.74 Å². The maximum Gasteiger partial charge on any atom is 0.273 e. The van der Waals surface area contributed by atoms with E-state index in [1.165, 1.54) is 10.1 Å². The molecule has 0 spiro atoms. The third-order valence-corrected chi connectivity index (χ3v) is 5.32. The van der Waals surface area contributed by atoms with Crippen LogP contribution in [0.25, 0.3) is 10.1 Å². The Bertz CT molecular complexity index is 717. The molecule has 4 rings (SSSR count). The number of ether oxygens (including phenoxy) is 1. The zero-order chi connectivity index (χ0) is 14.1. The number of pyridine rings is 1. The molecule has 0 saturated carbocycles. The summed E-state index contributed by atoms with van der Waals surface area (Å²) < 4.78 is 7.22. The number of hydrogen-bond donors (Lipinski definition) is 0. The van der Waals surface area contributed by atoms with Gasteiger partial charge in [0.25, 0.3) is 5.19 Å². The second-order valence-corrected chi connectivity index (χ2v) is 6.87. The Labute approximate surface area is 131 Å². The molecule has 1 aliphatic heterocycles. The van der Waals surface area contributed by atoms with E-state index >= 15 is 0 Å². The molecule has 6 heteroatoms. The molecule has 3 aromatic rings. The van der Waals surface area contributed by atoms with Gasteiger partial charge in [-0.1, -0.05) is 11.3 Å². The number of piperidine rings is 1. The summed E-state index contributed by atoms with van der Waals surface area (Å²) in [5.74, 6) is 1.11. The summed E-state index contributed by atoms with van der Waals surface area (Å²) in [5.41, 5.74) is 0. The standard InChI is InChI=1S/C15H15N3OS2/c1-5-16-14(12-4-9-20-13(1)12)18-7-2-11(3-8-18)19-15-17-6-10-21-15/h1,4-6,9-11H,2-3,7-8H2. The Balaban J connectivity index is 1.46. The normalized spacial score (nSPS) is 16.5. The molecule has 0 atom stereocenters. The molecule has 0 radical (unpaired) electrons. The van der Waals surface area contributed by atoms with Gasteiger partial charge in [0, 0.05) is 53.8 Å². The summed E-state index contributed by atoms with van der Waals surface area (Å²) in [4.78, 5) is 11.2. The predicted octanol–water partition coefficient (Wildman–Crippen LogP) is 3.80. The van der Waals surface area contributed by atoms with Crippen LogP contribution in [-0.4, -0.2) is 29.2 Å². The second-order valence-electron chi connectivity index (χ2n) is 5.07. The van der Waals surface area contributed by atoms with Gasteiger partial charge in [-0.2, -0.15) is 0 Å². The largest absolute Gasteiger partial charge is 0.467 e. The first-order chi connectivity index (χ1) is 10.4. The van der Waals surface area contributed by atoms with Crippen molar-refractivity contribution in [2.45, 2.75) is 18.9 Å². The van der Waals surface area contributed by atoms with Gasteiger partial charge in [0.2, 0.25) is 0 Å². The van der Waals surface area contributed by atoms with E-state index in [1.54, 1.807) is 28.9 Å². The van der Waals surface area contributed by atoms with E-state index in [-0.39, 0.29) is 6.10 Å². The van der Waals surface area contributed by atoms with Crippen LogP contribution >= 0.6 is 22.7 Å². The number of aromatic nitrogens is 2. The Morgan fingerprint density at radius 3 is 2.76 bits per heavy atom. The molecule has 0 amide bonds. The molecule has 0 aliphatic carbocycles. The number of anilines is 1. The zero-order valence-corrected chi connectivity index (χ0v) is 13.1. The molecule has 0 bridgehead atoms. The molecular weight excluding hydrogens is 302 g/mol. The van der Waals surface area contributed by atoms with Gasteiger partial charge < -0.3 is 9.64 Å². The number of fused-ring (bicyclic) bond motifs is 1. The molecule has 0 aromatic carbocycles. The molecule has 108 valence electrons. The predicted molar refractivity (Wildman–Crippen MR) is 87.6 cm³/mol. The Kier molecular flexibility index (Phi) is 3.48. The summed E-state index contributed by atoms with van der Waals surface area (Å²) in [7, 11) is 0. The lowest BCUT2D eigenvalue weighted by molar-refractivity contribution is 0.170. The molecule has 4 heterocycles. The summed E-state index contributed by atoms with van der Waals surface area (Å²) in [6.45, 7) is 1.97. The third-order valence-electron chi connectivity index (χ3n) is 3.78. The molecule has 3 aromatic heterocycles. The van der Waals surface area contributed by atoms with Crippen LogP contribution < -0.4 is 9.64 Å². The van der Waals surface area contributed by atoms with E-state index in [9.17, 15) is 0 Å². The van der Waals surface area contributed by atoms with Gasteiger partial charge in [-0.15, -0.1) is 11.3 Å². The quantitative estimate of drug-likeness (QED) is 0.736. The molecule has 21 heavy (non-hydrogen) atoms. The highest BCUT2D eigenvalue weighted by Gasteiger charge is 2.23. The van der Waals surface area contributed by atoms with Crippen LogP contribution in [0.1, 0.15) is 12.8 Å². The van der Waals surface area contributed by atoms with Gasteiger partial charge in [-0.25, -0.2) is 9.97 Å². The molecule has 0 N–H and O–H groups in total. The fourth-order valence-corrected chi connectivity index (χ4v) is 4.06. The maximum atomic E-state index is 5.91. The zero-order valence-electron chi connectivity index (χ0n) is 11.4. The maximum absolute atomic E-state index is 5.91. The average molecular weight is 317 g/mol. The Morgan fingerprint density at radius 1 is 1.05 bits per heavy atom. The van der Waals surface area contributed by atoms with E-state index in [0.29, 0.717) is 0 Å². The van der Waals surface area contributed by atoms with Crippen molar-refractivity contribution in [2.75, 3.05) is 18.0 Å². The summed E-state index contributed by atoms with van der Waals surface area (Å²) >= 11 is 3.33. The molecule has 4 nitrogen and oxygen atoms in total. The van der Waals surface area contributed by atoms with Crippen LogP contribution in [0, 0.1) is 0 Å². The lowest BCUT2D eigenvalue weighted by atomic mass is 10.1. The first-order valence-electron chi connectivity index (χ1n) is 7.03. The van der Waals surface area contributed by atoms with Crippen molar-refractivity contribution in [1.29, 1.82) is 0 Å². The highest BCUT2D eigenvalue weighted by atomic mass is 32.1. The lowest BCUT2D eigenvalue weighted by Gasteiger charge is -2.32. The minimum absolute atomic E-state index is 0.272. The number of nitrogens with zero attached hydrogens (tertiary/aromatic N) is 3. The second kappa shape index (κ2) is 5.61. The topological polar surface area (TPSA) is 38.2 Å². The van der Waals surface area contributed by atoms with E-state index in [1.807, 2.05) is 11.6 Å². The number of thiazole rings is 1. The van der Waals surface area contributed by atoms with Crippen molar-refractivity contribution >= 4 is 38.6 Å². The van der Waals surface area contributed by atoms with Crippen LogP contribution in [-0.2, 0) is 0 Å². The fraction of sp³-hybridized carbons (Fsp3) is 0.333. The van der Waals surface area contributed by atoms with Gasteiger partial charge in [0.1, 0.15) is 11.9 Å². The van der Waals surface area contributed by atoms with Crippen LogP contribution in [0.5, 0.6) is 5.19 Å². The lowest BCUT2D eigenvalue weighted by Crippen LogP contribution is -2.38. The number of hydrogen-bond acceptors (Lipinski definition) is 6. The van der Waals surface area contributed by atoms with Crippen LogP contribution in [0.15, 0.2) is 35.3 Å². The monoisotopic (exact) mass is 317 g/mol. The van der Waals surface area contributed by atoms with Crippen molar-refractivity contribution in [3.8, 4) is 5.19 Å². The van der Waals surface area contributed by atoms with Gasteiger partial charge in [-0.05, 0) is 17.5 Å². The fourth-order valence-electron chi connectivity index (χ4n) is 2.73. The SMILES string of the molecule is c1csc(OC2CCN(c3nccc4sccc34)CC2)n1. The van der Waals surface area contributed by atoms with Gasteiger partial charge in [0.05, 0.1) is 0 Å². The molecular formula is C15H15N3OS2. The van der Waals surface area contributed by atoms with E-state index in [4.69, 9.17) is 4.74 Å². The Hall–Kier alpha value is -1.66. The van der Waals surface area contributed by atoms with Crippen molar-refractivity contribution in [3.63, 3.8) is 0 Å². The smallest absolute Gasteiger partial charge is 0.273 e. The summed E-state index contributed by atoms with van der Waals surface area (Å²) in [5, 5.41) is 6.13. The molecule has 1 saturated heterocycles. The molecule has 1 aliphatic rings. The number of rotatable bonds is 3. The van der Waals surface area contributed by atoms with Crippen LogP contribution in [0.3, 0.4) is 0 Å². The Morgan fingerprint density at radius 2 is 1.95 bits per heavy atom. The van der Waals surface area contributed by atoms with Crippen molar-refractivity contribution in [1.82, 2.24) is 9.97 Å². The highest BCUT2D eigenvalue weighted by molar-refractivity contribution is 7.17. The van der Waals surface area contributed by atoms with Gasteiger partial charge in [-0.3, -0.25) is 0 Å². The highest BCUT2D eigenvalue weighted by Crippen LogP contribution is 2.30. The minimum Gasteiger partial charge on any atom is -0.467 e.